The van der Waals surface area contributed by atoms with E-state index in [9.17, 15) is 9.59 Å². The van der Waals surface area contributed by atoms with Gasteiger partial charge in [-0.1, -0.05) is 41.9 Å². The zero-order chi connectivity index (χ0) is 19.2. The van der Waals surface area contributed by atoms with Crippen LogP contribution in [0, 0.1) is 0 Å². The molecule has 0 saturated heterocycles. The zero-order valence-electron chi connectivity index (χ0n) is 14.8. The minimum absolute atomic E-state index is 0.116. The van der Waals surface area contributed by atoms with Gasteiger partial charge < -0.3 is 15.4 Å². The average Bonchev–Trinajstić information content (AvgIpc) is 2.70. The molecule has 0 atom stereocenters. The fourth-order valence-electron chi connectivity index (χ4n) is 2.67. The van der Waals surface area contributed by atoms with E-state index >= 15 is 0 Å². The summed E-state index contributed by atoms with van der Waals surface area (Å²) in [7, 11) is 1.63. The maximum absolute atomic E-state index is 12.1. The molecule has 2 N–H and O–H groups in total. The average molecular weight is 383 g/mol. The molecule has 5 nitrogen and oxygen atoms in total. The summed E-state index contributed by atoms with van der Waals surface area (Å²) in [4.78, 5) is 24.1. The lowest BCUT2D eigenvalue weighted by Gasteiger charge is -2.09. The van der Waals surface area contributed by atoms with Crippen LogP contribution in [0.1, 0.15) is 15.9 Å². The molecule has 138 valence electrons. The Labute approximate surface area is 162 Å². The van der Waals surface area contributed by atoms with E-state index in [0.29, 0.717) is 17.1 Å². The van der Waals surface area contributed by atoms with Crippen molar-refractivity contribution >= 4 is 34.2 Å². The summed E-state index contributed by atoms with van der Waals surface area (Å²) in [5.74, 6) is 0.151. The lowest BCUT2D eigenvalue weighted by Crippen LogP contribution is -2.36. The molecule has 3 rings (SSSR count). The Morgan fingerprint density at radius 3 is 2.48 bits per heavy atom. The number of nitrogens with one attached hydrogen (secondary N) is 2. The first-order chi connectivity index (χ1) is 13.1. The quantitative estimate of drug-likeness (QED) is 0.685. The number of fused-ring (bicyclic) bond motifs is 1. The highest BCUT2D eigenvalue weighted by atomic mass is 35.5. The summed E-state index contributed by atoms with van der Waals surface area (Å²) >= 11 is 5.97. The van der Waals surface area contributed by atoms with Gasteiger partial charge in [-0.3, -0.25) is 9.59 Å². The second kappa shape index (κ2) is 8.56. The summed E-state index contributed by atoms with van der Waals surface area (Å²) in [6.07, 6.45) is 0. The first-order valence-electron chi connectivity index (χ1n) is 8.43. The Hall–Kier alpha value is -3.05. The van der Waals surface area contributed by atoms with Crippen LogP contribution < -0.4 is 15.4 Å². The van der Waals surface area contributed by atoms with E-state index in [-0.39, 0.29) is 18.4 Å². The highest BCUT2D eigenvalue weighted by Crippen LogP contribution is 2.21. The Morgan fingerprint density at radius 1 is 0.963 bits per heavy atom. The molecule has 0 heterocycles. The third-order valence-electron chi connectivity index (χ3n) is 4.13. The number of hydrogen-bond acceptors (Lipinski definition) is 3. The van der Waals surface area contributed by atoms with Crippen LogP contribution in [0.15, 0.2) is 60.7 Å². The number of carbonyl (C=O) groups is 2. The number of halogens is 1. The molecule has 0 aromatic heterocycles. The van der Waals surface area contributed by atoms with Gasteiger partial charge in [-0.15, -0.1) is 0 Å². The van der Waals surface area contributed by atoms with Gasteiger partial charge in [-0.2, -0.15) is 0 Å². The van der Waals surface area contributed by atoms with Crippen LogP contribution in [-0.2, 0) is 11.3 Å². The van der Waals surface area contributed by atoms with E-state index in [4.69, 9.17) is 16.3 Å². The van der Waals surface area contributed by atoms with Crippen LogP contribution in [-0.4, -0.2) is 25.5 Å². The zero-order valence-corrected chi connectivity index (χ0v) is 15.5. The molecule has 0 fully saturated rings. The minimum Gasteiger partial charge on any atom is -0.497 e. The van der Waals surface area contributed by atoms with Gasteiger partial charge >= 0.3 is 0 Å². The highest BCUT2D eigenvalue weighted by molar-refractivity contribution is 6.33. The molecule has 0 aliphatic heterocycles. The summed E-state index contributed by atoms with van der Waals surface area (Å²) < 4.78 is 5.22. The van der Waals surface area contributed by atoms with Crippen molar-refractivity contribution in [3.05, 3.63) is 76.8 Å². The monoisotopic (exact) mass is 382 g/mol. The Bertz CT molecular complexity index is 988. The summed E-state index contributed by atoms with van der Waals surface area (Å²) in [6.45, 7) is 0.262. The number of hydrogen-bond donors (Lipinski definition) is 2. The van der Waals surface area contributed by atoms with Crippen LogP contribution in [0.3, 0.4) is 0 Å². The minimum atomic E-state index is -0.379. The van der Waals surface area contributed by atoms with Crippen molar-refractivity contribution in [3.8, 4) is 5.75 Å². The molecule has 0 aliphatic carbocycles. The van der Waals surface area contributed by atoms with Gasteiger partial charge in [0, 0.05) is 6.54 Å². The molecule has 3 aromatic rings. The fraction of sp³-hybridized carbons (Fsp3) is 0.143. The predicted octanol–water partition coefficient (Wildman–Crippen LogP) is 3.55. The third kappa shape index (κ3) is 4.77. The van der Waals surface area contributed by atoms with E-state index in [1.165, 1.54) is 0 Å². The van der Waals surface area contributed by atoms with Gasteiger partial charge in [0.15, 0.2) is 0 Å². The first-order valence-corrected chi connectivity index (χ1v) is 8.81. The second-order valence-corrected chi connectivity index (χ2v) is 6.39. The molecular formula is C21H19ClN2O3. The van der Waals surface area contributed by atoms with E-state index < -0.39 is 0 Å². The van der Waals surface area contributed by atoms with Crippen LogP contribution in [0.5, 0.6) is 5.75 Å². The van der Waals surface area contributed by atoms with Crippen LogP contribution in [0.25, 0.3) is 10.8 Å². The topological polar surface area (TPSA) is 67.4 Å². The Balaban J connectivity index is 1.54. The summed E-state index contributed by atoms with van der Waals surface area (Å²) in [5.41, 5.74) is 1.32. The first kappa shape index (κ1) is 18.7. The standard InChI is InChI=1S/C21H19ClN2O3/c1-27-17-9-8-15-10-14(6-7-16(15)11-17)12-23-20(25)13-24-21(26)18-4-2-3-5-19(18)22/h2-11H,12-13H2,1H3,(H,23,25)(H,24,26). The number of benzene rings is 3. The molecule has 0 bridgehead atoms. The van der Waals surface area contributed by atoms with Crippen molar-refractivity contribution in [1.29, 1.82) is 0 Å². The maximum Gasteiger partial charge on any atom is 0.253 e. The van der Waals surface area contributed by atoms with Gasteiger partial charge in [-0.25, -0.2) is 0 Å². The number of amides is 2. The predicted molar refractivity (Wildman–Crippen MR) is 106 cm³/mol. The van der Waals surface area contributed by atoms with Crippen molar-refractivity contribution in [2.75, 3.05) is 13.7 Å². The third-order valence-corrected chi connectivity index (χ3v) is 4.46. The van der Waals surface area contributed by atoms with Crippen LogP contribution >= 0.6 is 11.6 Å². The van der Waals surface area contributed by atoms with Crippen molar-refractivity contribution in [2.45, 2.75) is 6.54 Å². The maximum atomic E-state index is 12.1. The smallest absolute Gasteiger partial charge is 0.253 e. The molecule has 0 radical (unpaired) electrons. The van der Waals surface area contributed by atoms with Gasteiger partial charge in [0.2, 0.25) is 5.91 Å². The highest BCUT2D eigenvalue weighted by Gasteiger charge is 2.11. The van der Waals surface area contributed by atoms with E-state index in [0.717, 1.165) is 22.1 Å². The molecular weight excluding hydrogens is 364 g/mol. The largest absolute Gasteiger partial charge is 0.497 e. The lowest BCUT2D eigenvalue weighted by molar-refractivity contribution is -0.120. The summed E-state index contributed by atoms with van der Waals surface area (Å²) in [6, 6.07) is 18.5. The molecule has 3 aromatic carbocycles. The SMILES string of the molecule is COc1ccc2cc(CNC(=O)CNC(=O)c3ccccc3Cl)ccc2c1. The molecule has 0 saturated carbocycles. The molecule has 6 heteroatoms. The van der Waals surface area contributed by atoms with Crippen molar-refractivity contribution in [1.82, 2.24) is 10.6 Å². The van der Waals surface area contributed by atoms with Crippen molar-refractivity contribution < 1.29 is 14.3 Å². The number of rotatable bonds is 6. The lowest BCUT2D eigenvalue weighted by atomic mass is 10.1. The Morgan fingerprint density at radius 2 is 1.70 bits per heavy atom. The van der Waals surface area contributed by atoms with E-state index in [2.05, 4.69) is 10.6 Å². The number of methoxy groups -OCH3 is 1. The Kier molecular flexibility index (Phi) is 5.94. The number of ether oxygens (including phenoxy) is 1. The van der Waals surface area contributed by atoms with Gasteiger partial charge in [0.25, 0.3) is 5.91 Å². The number of carbonyl (C=O) groups excluding carboxylic acids is 2. The van der Waals surface area contributed by atoms with Gasteiger partial charge in [-0.05, 0) is 46.7 Å². The van der Waals surface area contributed by atoms with Gasteiger partial charge in [0.05, 0.1) is 24.2 Å². The second-order valence-electron chi connectivity index (χ2n) is 5.99. The normalized spacial score (nSPS) is 10.4. The van der Waals surface area contributed by atoms with E-state index in [1.54, 1.807) is 31.4 Å². The van der Waals surface area contributed by atoms with Crippen LogP contribution in [0.4, 0.5) is 0 Å². The summed E-state index contributed by atoms with van der Waals surface area (Å²) in [5, 5.41) is 7.85. The van der Waals surface area contributed by atoms with Crippen LogP contribution in [0.2, 0.25) is 5.02 Å². The molecule has 27 heavy (non-hydrogen) atoms. The van der Waals surface area contributed by atoms with Crippen molar-refractivity contribution in [2.24, 2.45) is 0 Å². The van der Waals surface area contributed by atoms with Gasteiger partial charge in [0.1, 0.15) is 5.75 Å². The molecule has 0 aliphatic rings. The molecule has 0 unspecified atom stereocenters. The van der Waals surface area contributed by atoms with E-state index in [1.807, 2.05) is 36.4 Å². The van der Waals surface area contributed by atoms with Crippen molar-refractivity contribution in [3.63, 3.8) is 0 Å². The molecule has 0 spiro atoms. The molecule has 2 amide bonds. The fourth-order valence-corrected chi connectivity index (χ4v) is 2.90.